The van der Waals surface area contributed by atoms with Crippen LogP contribution < -0.4 is 0 Å². The molecule has 0 spiro atoms. The van der Waals surface area contributed by atoms with Crippen molar-refractivity contribution in [1.82, 2.24) is 0 Å². The largest absolute Gasteiger partial charge is 0.463 e. The molecule has 0 amide bonds. The van der Waals surface area contributed by atoms with Crippen LogP contribution in [0.5, 0.6) is 0 Å². The van der Waals surface area contributed by atoms with E-state index in [0.717, 1.165) is 3.58 Å². The Labute approximate surface area is 80.1 Å². The van der Waals surface area contributed by atoms with Crippen LogP contribution in [0, 0.1) is 5.92 Å². The lowest BCUT2D eigenvalue weighted by Gasteiger charge is -1.96. The number of carbonyl (C=O) groups excluding carboxylic acids is 1. The third-order valence-corrected chi connectivity index (χ3v) is 2.70. The van der Waals surface area contributed by atoms with Gasteiger partial charge < -0.3 is 4.74 Å². The summed E-state index contributed by atoms with van der Waals surface area (Å²) in [5, 5.41) is 0. The van der Waals surface area contributed by atoms with E-state index in [1.54, 1.807) is 6.08 Å². The highest BCUT2D eigenvalue weighted by atomic mass is 127. The van der Waals surface area contributed by atoms with Crippen molar-refractivity contribution in [2.24, 2.45) is 5.92 Å². The van der Waals surface area contributed by atoms with Crippen molar-refractivity contribution in [3.8, 4) is 0 Å². The molecule has 1 fully saturated rings. The summed E-state index contributed by atoms with van der Waals surface area (Å²) in [6.45, 7) is 2.28. The number of esters is 1. The third kappa shape index (κ3) is 3.22. The van der Waals surface area contributed by atoms with E-state index in [2.05, 4.69) is 22.6 Å². The smallest absolute Gasteiger partial charge is 0.331 e. The Morgan fingerprint density at radius 3 is 2.82 bits per heavy atom. The van der Waals surface area contributed by atoms with E-state index < -0.39 is 0 Å². The van der Waals surface area contributed by atoms with Crippen LogP contribution in [0.3, 0.4) is 0 Å². The fraction of sp³-hybridized carbons (Fsp3) is 0.625. The van der Waals surface area contributed by atoms with Gasteiger partial charge in [-0.25, -0.2) is 4.79 Å². The molecule has 0 heterocycles. The van der Waals surface area contributed by atoms with Crippen molar-refractivity contribution >= 4 is 28.6 Å². The monoisotopic (exact) mass is 266 g/mol. The number of halogens is 1. The first-order valence-electron chi connectivity index (χ1n) is 3.78. The van der Waals surface area contributed by atoms with Gasteiger partial charge in [0.25, 0.3) is 0 Å². The molecule has 1 rings (SSSR count). The molecule has 0 aromatic heterocycles. The van der Waals surface area contributed by atoms with E-state index in [-0.39, 0.29) is 5.97 Å². The molecule has 0 atom stereocenters. The Balaban J connectivity index is 2.35. The van der Waals surface area contributed by atoms with E-state index in [9.17, 15) is 4.79 Å². The number of hydrogen-bond donors (Lipinski definition) is 0. The first-order chi connectivity index (χ1) is 5.24. The predicted octanol–water partition coefficient (Wildman–Crippen LogP) is 2.28. The minimum Gasteiger partial charge on any atom is -0.463 e. The number of carbonyl (C=O) groups is 1. The van der Waals surface area contributed by atoms with Crippen molar-refractivity contribution in [3.63, 3.8) is 0 Å². The molecule has 0 unspecified atom stereocenters. The molecule has 1 aliphatic carbocycles. The van der Waals surface area contributed by atoms with Crippen LogP contribution >= 0.6 is 22.6 Å². The topological polar surface area (TPSA) is 26.3 Å². The van der Waals surface area contributed by atoms with Gasteiger partial charge in [-0.1, -0.05) is 0 Å². The standard InChI is InChI=1S/C8H11IO2/c1-2-11-8(10)5-7(9)6-3-4-6/h5-6H,2-4H2,1H3/b7-5-. The Morgan fingerprint density at radius 1 is 1.73 bits per heavy atom. The summed E-state index contributed by atoms with van der Waals surface area (Å²) in [5.41, 5.74) is 0. The van der Waals surface area contributed by atoms with E-state index in [1.165, 1.54) is 12.8 Å². The summed E-state index contributed by atoms with van der Waals surface area (Å²) in [6.07, 6.45) is 4.06. The van der Waals surface area contributed by atoms with Crippen LogP contribution in [0.2, 0.25) is 0 Å². The van der Waals surface area contributed by atoms with Gasteiger partial charge in [-0.3, -0.25) is 0 Å². The molecule has 0 bridgehead atoms. The van der Waals surface area contributed by atoms with Crippen molar-refractivity contribution < 1.29 is 9.53 Å². The molecule has 1 saturated carbocycles. The van der Waals surface area contributed by atoms with Gasteiger partial charge in [-0.05, 0) is 48.3 Å². The summed E-state index contributed by atoms with van der Waals surface area (Å²) >= 11 is 2.21. The summed E-state index contributed by atoms with van der Waals surface area (Å²) in [4.78, 5) is 10.9. The molecule has 0 N–H and O–H groups in total. The zero-order chi connectivity index (χ0) is 8.27. The second-order valence-corrected chi connectivity index (χ2v) is 3.80. The quantitative estimate of drug-likeness (QED) is 0.445. The van der Waals surface area contributed by atoms with Crippen LogP contribution in [0.15, 0.2) is 9.66 Å². The van der Waals surface area contributed by atoms with Gasteiger partial charge in [-0.15, -0.1) is 0 Å². The lowest BCUT2D eigenvalue weighted by molar-refractivity contribution is -0.137. The van der Waals surface area contributed by atoms with Crippen molar-refractivity contribution in [1.29, 1.82) is 0 Å². The molecule has 3 heteroatoms. The summed E-state index contributed by atoms with van der Waals surface area (Å²) in [6, 6.07) is 0. The van der Waals surface area contributed by atoms with Crippen molar-refractivity contribution in [2.75, 3.05) is 6.61 Å². The molecule has 11 heavy (non-hydrogen) atoms. The normalized spacial score (nSPS) is 18.2. The molecule has 62 valence electrons. The first kappa shape index (κ1) is 9.03. The third-order valence-electron chi connectivity index (χ3n) is 1.51. The average Bonchev–Trinajstić information content (AvgIpc) is 2.67. The first-order valence-corrected chi connectivity index (χ1v) is 4.85. The zero-order valence-electron chi connectivity index (χ0n) is 6.47. The van der Waals surface area contributed by atoms with E-state index in [1.807, 2.05) is 6.92 Å². The predicted molar refractivity (Wildman–Crippen MR) is 51.5 cm³/mol. The van der Waals surface area contributed by atoms with Crippen LogP contribution in [0.4, 0.5) is 0 Å². The molecule has 1 aliphatic rings. The SMILES string of the molecule is CCOC(=O)/C=C(\I)C1CC1. The molecule has 2 nitrogen and oxygen atoms in total. The molecular formula is C8H11IO2. The highest BCUT2D eigenvalue weighted by molar-refractivity contribution is 14.1. The van der Waals surface area contributed by atoms with Crippen molar-refractivity contribution in [3.05, 3.63) is 9.66 Å². The minimum atomic E-state index is -0.205. The fourth-order valence-electron chi connectivity index (χ4n) is 0.773. The molecule has 0 saturated heterocycles. The lowest BCUT2D eigenvalue weighted by Crippen LogP contribution is -2.00. The van der Waals surface area contributed by atoms with Gasteiger partial charge in [0.2, 0.25) is 0 Å². The van der Waals surface area contributed by atoms with Gasteiger partial charge in [0.05, 0.1) is 6.61 Å². The molecular weight excluding hydrogens is 255 g/mol. The van der Waals surface area contributed by atoms with E-state index in [0.29, 0.717) is 12.5 Å². The zero-order valence-corrected chi connectivity index (χ0v) is 8.63. The molecule has 0 radical (unpaired) electrons. The van der Waals surface area contributed by atoms with Crippen LogP contribution in [-0.2, 0) is 9.53 Å². The Kier molecular flexibility index (Phi) is 3.36. The van der Waals surface area contributed by atoms with Crippen molar-refractivity contribution in [2.45, 2.75) is 19.8 Å². The summed E-state index contributed by atoms with van der Waals surface area (Å²) < 4.78 is 5.91. The second-order valence-electron chi connectivity index (χ2n) is 2.56. The van der Waals surface area contributed by atoms with Gasteiger partial charge in [0.15, 0.2) is 0 Å². The Hall–Kier alpha value is -0.0600. The van der Waals surface area contributed by atoms with Gasteiger partial charge in [0.1, 0.15) is 0 Å². The maximum absolute atomic E-state index is 10.9. The maximum atomic E-state index is 10.9. The number of allylic oxidation sites excluding steroid dienone is 1. The summed E-state index contributed by atoms with van der Waals surface area (Å²) in [5.74, 6) is 0.448. The highest BCUT2D eigenvalue weighted by Gasteiger charge is 2.24. The number of ether oxygens (including phenoxy) is 1. The fourth-order valence-corrected chi connectivity index (χ4v) is 1.65. The average molecular weight is 266 g/mol. The van der Waals surface area contributed by atoms with Crippen LogP contribution in [0.1, 0.15) is 19.8 Å². The number of rotatable bonds is 3. The molecule has 0 aromatic carbocycles. The maximum Gasteiger partial charge on any atom is 0.331 e. The molecule has 0 aliphatic heterocycles. The van der Waals surface area contributed by atoms with Crippen LogP contribution in [0.25, 0.3) is 0 Å². The second kappa shape index (κ2) is 4.09. The number of hydrogen-bond acceptors (Lipinski definition) is 2. The van der Waals surface area contributed by atoms with Gasteiger partial charge >= 0.3 is 5.97 Å². The van der Waals surface area contributed by atoms with Gasteiger partial charge in [0, 0.05) is 9.66 Å². The highest BCUT2D eigenvalue weighted by Crippen LogP contribution is 2.39. The summed E-state index contributed by atoms with van der Waals surface area (Å²) in [7, 11) is 0. The molecule has 0 aromatic rings. The Bertz CT molecular complexity index is 183. The Morgan fingerprint density at radius 2 is 2.36 bits per heavy atom. The van der Waals surface area contributed by atoms with Gasteiger partial charge in [-0.2, -0.15) is 0 Å². The van der Waals surface area contributed by atoms with E-state index in [4.69, 9.17) is 4.74 Å². The van der Waals surface area contributed by atoms with E-state index >= 15 is 0 Å². The minimum absolute atomic E-state index is 0.205. The lowest BCUT2D eigenvalue weighted by atomic mass is 10.4. The van der Waals surface area contributed by atoms with Crippen LogP contribution in [-0.4, -0.2) is 12.6 Å².